The van der Waals surface area contributed by atoms with Crippen LogP contribution in [0.4, 0.5) is 0 Å². The molecule has 1 nitrogen and oxygen atoms in total. The van der Waals surface area contributed by atoms with Crippen molar-refractivity contribution in [3.05, 3.63) is 0 Å². The first-order valence-electron chi connectivity index (χ1n) is 5.35. The Hall–Kier alpha value is -0.0400. The quantitative estimate of drug-likeness (QED) is 0.652. The summed E-state index contributed by atoms with van der Waals surface area (Å²) in [7, 11) is 0. The van der Waals surface area contributed by atoms with E-state index in [1.165, 1.54) is 25.7 Å². The van der Waals surface area contributed by atoms with Gasteiger partial charge in [-0.15, -0.1) is 0 Å². The van der Waals surface area contributed by atoms with Crippen LogP contribution in [0.5, 0.6) is 0 Å². The van der Waals surface area contributed by atoms with Crippen molar-refractivity contribution in [1.29, 1.82) is 0 Å². The molecule has 0 rings (SSSR count). The summed E-state index contributed by atoms with van der Waals surface area (Å²) in [6.45, 7) is 8.99. The second-order valence-corrected chi connectivity index (χ2v) is 4.24. The summed E-state index contributed by atoms with van der Waals surface area (Å²) in [6.07, 6.45) is 5.17. The molecular formula is C11H25N. The zero-order valence-electron chi connectivity index (χ0n) is 9.14. The average molecular weight is 171 g/mol. The summed E-state index contributed by atoms with van der Waals surface area (Å²) in [5.41, 5.74) is 5.75. The van der Waals surface area contributed by atoms with Gasteiger partial charge in [0.05, 0.1) is 0 Å². The highest BCUT2D eigenvalue weighted by molar-refractivity contribution is 4.65. The van der Waals surface area contributed by atoms with Crippen LogP contribution < -0.4 is 5.73 Å². The highest BCUT2D eigenvalue weighted by Gasteiger charge is 2.10. The molecule has 0 aromatic carbocycles. The molecule has 0 amide bonds. The molecule has 2 N–H and O–H groups in total. The second-order valence-electron chi connectivity index (χ2n) is 4.24. The highest BCUT2D eigenvalue weighted by atomic mass is 14.6. The Balaban J connectivity index is 3.58. The number of nitrogens with two attached hydrogens (primary N) is 1. The van der Waals surface area contributed by atoms with Crippen molar-refractivity contribution in [1.82, 2.24) is 0 Å². The molecule has 0 aromatic heterocycles. The lowest BCUT2D eigenvalue weighted by molar-refractivity contribution is 0.343. The van der Waals surface area contributed by atoms with Crippen molar-refractivity contribution in [2.24, 2.45) is 17.6 Å². The Morgan fingerprint density at radius 1 is 1.00 bits per heavy atom. The lowest BCUT2D eigenvalue weighted by Gasteiger charge is -2.19. The fourth-order valence-electron chi connectivity index (χ4n) is 1.92. The summed E-state index contributed by atoms with van der Waals surface area (Å²) in [6, 6.07) is 0.370. The summed E-state index contributed by atoms with van der Waals surface area (Å²) < 4.78 is 0. The third-order valence-electron chi connectivity index (χ3n) is 2.66. The molecule has 0 spiro atoms. The Bertz CT molecular complexity index is 95.2. The maximum atomic E-state index is 5.75. The Morgan fingerprint density at radius 2 is 1.50 bits per heavy atom. The van der Waals surface area contributed by atoms with Gasteiger partial charge in [-0.25, -0.2) is 0 Å². The van der Waals surface area contributed by atoms with Crippen LogP contribution in [0, 0.1) is 11.8 Å². The zero-order chi connectivity index (χ0) is 9.56. The topological polar surface area (TPSA) is 26.0 Å². The molecule has 1 heteroatoms. The number of rotatable bonds is 6. The number of hydrogen-bond donors (Lipinski definition) is 1. The molecule has 0 fully saturated rings. The zero-order valence-corrected chi connectivity index (χ0v) is 9.14. The summed E-state index contributed by atoms with van der Waals surface area (Å²) in [4.78, 5) is 0. The largest absolute Gasteiger partial charge is 0.328 e. The first-order chi connectivity index (χ1) is 5.60. The van der Waals surface area contributed by atoms with E-state index < -0.39 is 0 Å². The van der Waals surface area contributed by atoms with Gasteiger partial charge < -0.3 is 5.73 Å². The molecule has 2 unspecified atom stereocenters. The van der Waals surface area contributed by atoms with Crippen molar-refractivity contribution < 1.29 is 0 Å². The third kappa shape index (κ3) is 5.59. The van der Waals surface area contributed by atoms with Gasteiger partial charge >= 0.3 is 0 Å². The summed E-state index contributed by atoms with van der Waals surface area (Å²) >= 11 is 0. The van der Waals surface area contributed by atoms with Crippen LogP contribution in [-0.4, -0.2) is 6.04 Å². The van der Waals surface area contributed by atoms with Gasteiger partial charge in [0.15, 0.2) is 0 Å². The van der Waals surface area contributed by atoms with Gasteiger partial charge in [0.25, 0.3) is 0 Å². The van der Waals surface area contributed by atoms with E-state index in [1.807, 2.05) is 0 Å². The van der Waals surface area contributed by atoms with Gasteiger partial charge in [0.1, 0.15) is 0 Å². The van der Waals surface area contributed by atoms with E-state index >= 15 is 0 Å². The lowest BCUT2D eigenvalue weighted by Crippen LogP contribution is -2.19. The van der Waals surface area contributed by atoms with Crippen molar-refractivity contribution in [3.63, 3.8) is 0 Å². The Labute approximate surface area is 77.7 Å². The molecule has 74 valence electrons. The van der Waals surface area contributed by atoms with E-state index in [0.29, 0.717) is 6.04 Å². The SMILES string of the molecule is CCC(CC)CC(C)CC(C)N. The molecule has 0 aliphatic rings. The van der Waals surface area contributed by atoms with Gasteiger partial charge in [0, 0.05) is 6.04 Å². The minimum atomic E-state index is 0.370. The molecule has 0 aliphatic heterocycles. The normalized spacial score (nSPS) is 16.5. The van der Waals surface area contributed by atoms with Crippen LogP contribution in [0.1, 0.15) is 53.4 Å². The van der Waals surface area contributed by atoms with Gasteiger partial charge in [-0.1, -0.05) is 33.6 Å². The van der Waals surface area contributed by atoms with E-state index in [1.54, 1.807) is 0 Å². The molecule has 0 radical (unpaired) electrons. The summed E-state index contributed by atoms with van der Waals surface area (Å²) in [5.74, 6) is 1.72. The van der Waals surface area contributed by atoms with Crippen LogP contribution in [0.3, 0.4) is 0 Å². The van der Waals surface area contributed by atoms with Crippen molar-refractivity contribution >= 4 is 0 Å². The molecule has 0 aromatic rings. The maximum absolute atomic E-state index is 5.75. The third-order valence-corrected chi connectivity index (χ3v) is 2.66. The Morgan fingerprint density at radius 3 is 1.83 bits per heavy atom. The van der Waals surface area contributed by atoms with Gasteiger partial charge in [-0.2, -0.15) is 0 Å². The van der Waals surface area contributed by atoms with Crippen LogP contribution in [0.2, 0.25) is 0 Å². The van der Waals surface area contributed by atoms with Crippen LogP contribution in [0.25, 0.3) is 0 Å². The number of hydrogen-bond acceptors (Lipinski definition) is 1. The van der Waals surface area contributed by atoms with Gasteiger partial charge in [0.2, 0.25) is 0 Å². The summed E-state index contributed by atoms with van der Waals surface area (Å²) in [5, 5.41) is 0. The lowest BCUT2D eigenvalue weighted by atomic mass is 9.88. The molecule has 2 atom stereocenters. The average Bonchev–Trinajstić information content (AvgIpc) is 1.98. The van der Waals surface area contributed by atoms with E-state index in [4.69, 9.17) is 5.73 Å². The fourth-order valence-corrected chi connectivity index (χ4v) is 1.92. The van der Waals surface area contributed by atoms with E-state index in [0.717, 1.165) is 11.8 Å². The molecule has 0 heterocycles. The minimum Gasteiger partial charge on any atom is -0.328 e. The predicted molar refractivity (Wildman–Crippen MR) is 56.1 cm³/mol. The standard InChI is InChI=1S/C11H25N/c1-5-11(6-2)8-9(3)7-10(4)12/h9-11H,5-8,12H2,1-4H3. The molecule has 0 saturated carbocycles. The maximum Gasteiger partial charge on any atom is 0.00130 e. The molecule has 0 bridgehead atoms. The van der Waals surface area contributed by atoms with E-state index in [9.17, 15) is 0 Å². The van der Waals surface area contributed by atoms with Crippen LogP contribution in [-0.2, 0) is 0 Å². The molecule has 0 aliphatic carbocycles. The molecular weight excluding hydrogens is 146 g/mol. The molecule has 12 heavy (non-hydrogen) atoms. The minimum absolute atomic E-state index is 0.370. The van der Waals surface area contributed by atoms with Crippen molar-refractivity contribution in [3.8, 4) is 0 Å². The van der Waals surface area contributed by atoms with Crippen molar-refractivity contribution in [2.45, 2.75) is 59.4 Å². The monoisotopic (exact) mass is 171 g/mol. The molecule has 0 saturated heterocycles. The smallest absolute Gasteiger partial charge is 0.00130 e. The van der Waals surface area contributed by atoms with Crippen LogP contribution in [0.15, 0.2) is 0 Å². The van der Waals surface area contributed by atoms with Crippen LogP contribution >= 0.6 is 0 Å². The second kappa shape index (κ2) is 6.47. The van der Waals surface area contributed by atoms with Gasteiger partial charge in [-0.05, 0) is 31.6 Å². The fraction of sp³-hybridized carbons (Fsp3) is 1.00. The first kappa shape index (κ1) is 12.0. The van der Waals surface area contributed by atoms with E-state index in [-0.39, 0.29) is 0 Å². The van der Waals surface area contributed by atoms with Gasteiger partial charge in [-0.3, -0.25) is 0 Å². The Kier molecular flexibility index (Phi) is 6.45. The predicted octanol–water partition coefficient (Wildman–Crippen LogP) is 3.19. The first-order valence-corrected chi connectivity index (χ1v) is 5.35. The van der Waals surface area contributed by atoms with Crippen molar-refractivity contribution in [2.75, 3.05) is 0 Å². The highest BCUT2D eigenvalue weighted by Crippen LogP contribution is 2.21. The van der Waals surface area contributed by atoms with E-state index in [2.05, 4.69) is 27.7 Å².